The molecule has 0 bridgehead atoms. The zero-order valence-corrected chi connectivity index (χ0v) is 6.00. The number of rotatable bonds is 2. The second-order valence-electron chi connectivity index (χ2n) is 1.96. The maximum atomic E-state index is 10.2. The molecule has 0 unspecified atom stereocenters. The number of carbonyl (C=O) groups excluding carboxylic acids is 1. The lowest BCUT2D eigenvalue weighted by Crippen LogP contribution is -1.89. The third-order valence-corrected chi connectivity index (χ3v) is 1.31. The minimum Gasteiger partial charge on any atom is -0.504 e. The van der Waals surface area contributed by atoms with E-state index in [0.29, 0.717) is 0 Å². The number of hydrogen-bond donors (Lipinski definition) is 1. The third-order valence-electron chi connectivity index (χ3n) is 1.31. The zero-order chi connectivity index (χ0) is 8.27. The highest BCUT2D eigenvalue weighted by molar-refractivity contribution is 5.81. The molecule has 0 aliphatic carbocycles. The molecule has 57 valence electrons. The van der Waals surface area contributed by atoms with Gasteiger partial charge in [0.25, 0.3) is 0 Å². The van der Waals surface area contributed by atoms with Gasteiger partial charge in [-0.2, -0.15) is 0 Å². The van der Waals surface area contributed by atoms with Crippen LogP contribution in [0.3, 0.4) is 0 Å². The molecule has 0 atom stereocenters. The average Bonchev–Trinajstić information content (AvgIpc) is 2.04. The Kier molecular flexibility index (Phi) is 2.11. The van der Waals surface area contributed by atoms with Gasteiger partial charge in [-0.3, -0.25) is 4.79 Å². The van der Waals surface area contributed by atoms with Crippen molar-refractivity contribution in [2.75, 3.05) is 7.11 Å². The number of aromatic hydroxyl groups is 1. The summed E-state index contributed by atoms with van der Waals surface area (Å²) in [4.78, 5) is 10.2. The molecule has 1 aromatic carbocycles. The van der Waals surface area contributed by atoms with E-state index in [9.17, 15) is 4.79 Å². The molecular formula is C8H7O3. The highest BCUT2D eigenvalue weighted by Crippen LogP contribution is 2.27. The van der Waals surface area contributed by atoms with Crippen molar-refractivity contribution < 1.29 is 14.6 Å². The molecule has 0 amide bonds. The van der Waals surface area contributed by atoms with E-state index in [1.807, 2.05) is 0 Å². The minimum atomic E-state index is -0.0478. The van der Waals surface area contributed by atoms with Crippen LogP contribution >= 0.6 is 0 Å². The summed E-state index contributed by atoms with van der Waals surface area (Å²) in [7, 11) is 1.38. The van der Waals surface area contributed by atoms with E-state index in [1.54, 1.807) is 12.4 Å². The van der Waals surface area contributed by atoms with Crippen LogP contribution in [0.25, 0.3) is 0 Å². The number of para-hydroxylation sites is 1. The standard InChI is InChI=1S/C8H7O3/c1-11-8-6(5-9)3-2-4-7(8)10/h2-4,10H,1H3. The van der Waals surface area contributed by atoms with E-state index >= 15 is 0 Å². The van der Waals surface area contributed by atoms with Gasteiger partial charge in [0.15, 0.2) is 11.5 Å². The van der Waals surface area contributed by atoms with Crippen LogP contribution in [0.2, 0.25) is 0 Å². The van der Waals surface area contributed by atoms with Crippen LogP contribution in [-0.4, -0.2) is 18.5 Å². The first-order valence-corrected chi connectivity index (χ1v) is 3.03. The zero-order valence-electron chi connectivity index (χ0n) is 6.00. The SMILES string of the molecule is COc1c(O)cccc1[C]=O. The van der Waals surface area contributed by atoms with E-state index in [4.69, 9.17) is 9.84 Å². The Bertz CT molecular complexity index is 268. The normalized spacial score (nSPS) is 9.18. The van der Waals surface area contributed by atoms with E-state index in [2.05, 4.69) is 0 Å². The highest BCUT2D eigenvalue weighted by atomic mass is 16.5. The Morgan fingerprint density at radius 1 is 1.55 bits per heavy atom. The first kappa shape index (κ1) is 7.60. The summed E-state index contributed by atoms with van der Waals surface area (Å²) < 4.78 is 4.75. The second kappa shape index (κ2) is 3.05. The minimum absolute atomic E-state index is 0.0478. The van der Waals surface area contributed by atoms with Crippen molar-refractivity contribution in [2.45, 2.75) is 0 Å². The van der Waals surface area contributed by atoms with Gasteiger partial charge in [-0.25, -0.2) is 0 Å². The van der Waals surface area contributed by atoms with E-state index in [-0.39, 0.29) is 17.1 Å². The molecule has 0 spiro atoms. The molecule has 1 radical (unpaired) electrons. The van der Waals surface area contributed by atoms with Crippen LogP contribution in [0, 0.1) is 0 Å². The predicted octanol–water partition coefficient (Wildman–Crippen LogP) is 0.859. The van der Waals surface area contributed by atoms with E-state index < -0.39 is 0 Å². The van der Waals surface area contributed by atoms with Crippen LogP contribution in [0.5, 0.6) is 11.5 Å². The lowest BCUT2D eigenvalue weighted by molar-refractivity contribution is 0.372. The highest BCUT2D eigenvalue weighted by Gasteiger charge is 2.06. The Hall–Kier alpha value is -1.51. The fraction of sp³-hybridized carbons (Fsp3) is 0.125. The first-order valence-electron chi connectivity index (χ1n) is 3.03. The topological polar surface area (TPSA) is 46.5 Å². The fourth-order valence-electron chi connectivity index (χ4n) is 0.820. The molecule has 0 aliphatic rings. The second-order valence-corrected chi connectivity index (χ2v) is 1.96. The number of benzene rings is 1. The molecular weight excluding hydrogens is 144 g/mol. The summed E-state index contributed by atoms with van der Waals surface area (Å²) in [6.45, 7) is 0. The number of phenolic OH excluding ortho intramolecular Hbond substituents is 1. The third kappa shape index (κ3) is 1.32. The van der Waals surface area contributed by atoms with Crippen LogP contribution < -0.4 is 4.74 Å². The van der Waals surface area contributed by atoms with Crippen molar-refractivity contribution in [1.29, 1.82) is 0 Å². The Morgan fingerprint density at radius 2 is 2.27 bits per heavy atom. The monoisotopic (exact) mass is 151 g/mol. The molecule has 0 aliphatic heterocycles. The van der Waals surface area contributed by atoms with Gasteiger partial charge in [-0.05, 0) is 12.1 Å². The summed E-state index contributed by atoms with van der Waals surface area (Å²) >= 11 is 0. The van der Waals surface area contributed by atoms with Crippen molar-refractivity contribution in [3.05, 3.63) is 23.8 Å². The van der Waals surface area contributed by atoms with Crippen molar-refractivity contribution in [1.82, 2.24) is 0 Å². The fourth-order valence-corrected chi connectivity index (χ4v) is 0.820. The van der Waals surface area contributed by atoms with Crippen LogP contribution in [0.15, 0.2) is 18.2 Å². The largest absolute Gasteiger partial charge is 0.504 e. The van der Waals surface area contributed by atoms with Gasteiger partial charge in [0.1, 0.15) is 0 Å². The molecule has 11 heavy (non-hydrogen) atoms. The molecule has 1 aromatic rings. The molecule has 0 heterocycles. The van der Waals surface area contributed by atoms with Gasteiger partial charge in [0.05, 0.1) is 12.7 Å². The van der Waals surface area contributed by atoms with Crippen molar-refractivity contribution in [3.8, 4) is 11.5 Å². The smallest absolute Gasteiger partial charge is 0.237 e. The molecule has 0 saturated carbocycles. The molecule has 1 N–H and O–H groups in total. The lowest BCUT2D eigenvalue weighted by Gasteiger charge is -2.03. The van der Waals surface area contributed by atoms with Crippen molar-refractivity contribution in [2.24, 2.45) is 0 Å². The summed E-state index contributed by atoms with van der Waals surface area (Å²) in [5.41, 5.74) is 0.229. The molecule has 3 nitrogen and oxygen atoms in total. The van der Waals surface area contributed by atoms with Gasteiger partial charge in [-0.1, -0.05) is 6.07 Å². The summed E-state index contributed by atoms with van der Waals surface area (Å²) in [6.07, 6.45) is 1.65. The van der Waals surface area contributed by atoms with Crippen molar-refractivity contribution in [3.63, 3.8) is 0 Å². The van der Waals surface area contributed by atoms with Gasteiger partial charge < -0.3 is 9.84 Å². The van der Waals surface area contributed by atoms with Gasteiger partial charge in [-0.15, -0.1) is 0 Å². The average molecular weight is 151 g/mol. The predicted molar refractivity (Wildman–Crippen MR) is 39.5 cm³/mol. The molecule has 0 aromatic heterocycles. The van der Waals surface area contributed by atoms with Crippen LogP contribution in [0.4, 0.5) is 0 Å². The maximum Gasteiger partial charge on any atom is 0.237 e. The van der Waals surface area contributed by atoms with E-state index in [1.165, 1.54) is 19.2 Å². The maximum absolute atomic E-state index is 10.2. The van der Waals surface area contributed by atoms with Gasteiger partial charge in [0.2, 0.25) is 6.29 Å². The van der Waals surface area contributed by atoms with Crippen molar-refractivity contribution >= 4 is 6.29 Å². The number of hydrogen-bond acceptors (Lipinski definition) is 3. The van der Waals surface area contributed by atoms with Gasteiger partial charge >= 0.3 is 0 Å². The lowest BCUT2D eigenvalue weighted by atomic mass is 10.2. The number of methoxy groups -OCH3 is 1. The molecule has 0 fully saturated rings. The van der Waals surface area contributed by atoms with Crippen LogP contribution in [-0.2, 0) is 4.79 Å². The first-order chi connectivity index (χ1) is 5.29. The Labute approximate surface area is 64.2 Å². The van der Waals surface area contributed by atoms with Gasteiger partial charge in [0, 0.05) is 0 Å². The number of ether oxygens (including phenoxy) is 1. The molecule has 3 heteroatoms. The van der Waals surface area contributed by atoms with E-state index in [0.717, 1.165) is 0 Å². The summed E-state index contributed by atoms with van der Waals surface area (Å²) in [6, 6.07) is 4.52. The molecule has 0 saturated heterocycles. The summed E-state index contributed by atoms with van der Waals surface area (Å²) in [5, 5.41) is 9.12. The molecule has 1 rings (SSSR count). The Balaban J connectivity index is 3.23. The number of phenols is 1. The quantitative estimate of drug-likeness (QED) is 0.681. The Morgan fingerprint density at radius 3 is 2.73 bits per heavy atom. The van der Waals surface area contributed by atoms with Crippen LogP contribution in [0.1, 0.15) is 5.56 Å². The summed E-state index contributed by atoms with van der Waals surface area (Å²) in [5.74, 6) is 0.121.